The zero-order valence-corrected chi connectivity index (χ0v) is 14.6. The first-order valence-electron chi connectivity index (χ1n) is 8.05. The Labute approximate surface area is 144 Å². The number of benzene rings is 1. The summed E-state index contributed by atoms with van der Waals surface area (Å²) in [5, 5.41) is 3.60. The van der Waals surface area contributed by atoms with Gasteiger partial charge in [-0.25, -0.2) is 4.98 Å². The van der Waals surface area contributed by atoms with Crippen molar-refractivity contribution < 1.29 is 9.59 Å². The molecule has 1 spiro atoms. The molecule has 4 rings (SSSR count). The molecule has 2 saturated heterocycles. The van der Waals surface area contributed by atoms with Gasteiger partial charge in [0.25, 0.3) is 0 Å². The highest BCUT2D eigenvalue weighted by molar-refractivity contribution is 7.98. The predicted octanol–water partition coefficient (Wildman–Crippen LogP) is 2.51. The summed E-state index contributed by atoms with van der Waals surface area (Å²) in [5.41, 5.74) is 1.59. The summed E-state index contributed by atoms with van der Waals surface area (Å²) in [6.07, 6.45) is 3.05. The number of anilines is 1. The highest BCUT2D eigenvalue weighted by atomic mass is 32.2. The minimum Gasteiger partial charge on any atom is -0.355 e. The molecule has 2 amide bonds. The maximum atomic E-state index is 12.2. The summed E-state index contributed by atoms with van der Waals surface area (Å²) in [4.78, 5) is 31.9. The minimum atomic E-state index is -0.567. The number of nitrogens with one attached hydrogen (secondary N) is 1. The molecule has 0 aliphatic carbocycles. The monoisotopic (exact) mass is 341 g/mol. The van der Waals surface area contributed by atoms with Crippen molar-refractivity contribution >= 4 is 40.3 Å². The van der Waals surface area contributed by atoms with Crippen LogP contribution in [0.1, 0.15) is 18.4 Å². The van der Waals surface area contributed by atoms with Crippen molar-refractivity contribution in [2.24, 2.45) is 5.41 Å². The first-order chi connectivity index (χ1) is 11.5. The van der Waals surface area contributed by atoms with Gasteiger partial charge in [-0.1, -0.05) is 6.07 Å². The zero-order chi connectivity index (χ0) is 16.9. The van der Waals surface area contributed by atoms with Crippen molar-refractivity contribution in [1.29, 1.82) is 0 Å². The average molecular weight is 341 g/mol. The molecule has 5 nitrogen and oxygen atoms in total. The van der Waals surface area contributed by atoms with Crippen LogP contribution in [-0.4, -0.2) is 36.1 Å². The van der Waals surface area contributed by atoms with E-state index in [0.29, 0.717) is 19.4 Å². The Balaban J connectivity index is 1.70. The summed E-state index contributed by atoms with van der Waals surface area (Å²) in [6, 6.07) is 8.41. The molecule has 2 fully saturated rings. The number of rotatable bonds is 2. The number of nitrogens with zero attached hydrogens (tertiary/aromatic N) is 2. The smallest absolute Gasteiger partial charge is 0.235 e. The van der Waals surface area contributed by atoms with Crippen molar-refractivity contribution in [2.75, 3.05) is 24.2 Å². The van der Waals surface area contributed by atoms with E-state index in [4.69, 9.17) is 4.98 Å². The van der Waals surface area contributed by atoms with Crippen LogP contribution in [0.3, 0.4) is 0 Å². The predicted molar refractivity (Wildman–Crippen MR) is 95.3 cm³/mol. The third kappa shape index (κ3) is 2.36. The van der Waals surface area contributed by atoms with E-state index in [1.54, 1.807) is 11.8 Å². The summed E-state index contributed by atoms with van der Waals surface area (Å²) in [7, 11) is 0. The first kappa shape index (κ1) is 15.4. The van der Waals surface area contributed by atoms with E-state index in [1.165, 1.54) is 10.5 Å². The Morgan fingerprint density at radius 1 is 1.29 bits per heavy atom. The van der Waals surface area contributed by atoms with Crippen LogP contribution < -0.4 is 10.2 Å². The second kappa shape index (κ2) is 5.48. The van der Waals surface area contributed by atoms with Crippen molar-refractivity contribution in [3.8, 4) is 0 Å². The Bertz CT molecular complexity index is 867. The van der Waals surface area contributed by atoms with Gasteiger partial charge in [-0.2, -0.15) is 0 Å². The van der Waals surface area contributed by atoms with E-state index in [2.05, 4.69) is 47.7 Å². The number of aromatic nitrogens is 1. The van der Waals surface area contributed by atoms with Gasteiger partial charge in [-0.15, -0.1) is 11.8 Å². The van der Waals surface area contributed by atoms with Crippen LogP contribution in [0.5, 0.6) is 0 Å². The number of amides is 2. The molecule has 24 heavy (non-hydrogen) atoms. The van der Waals surface area contributed by atoms with Crippen LogP contribution in [-0.2, 0) is 9.59 Å². The first-order valence-corrected chi connectivity index (χ1v) is 9.28. The van der Waals surface area contributed by atoms with Gasteiger partial charge < -0.3 is 4.90 Å². The quantitative estimate of drug-likeness (QED) is 0.672. The molecule has 0 unspecified atom stereocenters. The van der Waals surface area contributed by atoms with E-state index >= 15 is 0 Å². The van der Waals surface area contributed by atoms with E-state index in [0.717, 1.165) is 23.3 Å². The molecule has 2 aliphatic rings. The molecule has 1 aromatic heterocycles. The molecular formula is C18H19N3O2S. The average Bonchev–Trinajstić information content (AvgIpc) is 3.10. The molecule has 0 radical (unpaired) electrons. The van der Waals surface area contributed by atoms with Crippen LogP contribution >= 0.6 is 11.8 Å². The molecule has 2 aliphatic heterocycles. The van der Waals surface area contributed by atoms with Crippen LogP contribution in [0.15, 0.2) is 29.2 Å². The summed E-state index contributed by atoms with van der Waals surface area (Å²) >= 11 is 1.70. The lowest BCUT2D eigenvalue weighted by atomic mass is 9.85. The third-order valence-electron chi connectivity index (χ3n) is 5.12. The number of carbonyl (C=O) groups excluding carboxylic acids is 2. The third-order valence-corrected chi connectivity index (χ3v) is 5.85. The van der Waals surface area contributed by atoms with Gasteiger partial charge in [0.15, 0.2) is 0 Å². The van der Waals surface area contributed by atoms with Crippen molar-refractivity contribution in [3.63, 3.8) is 0 Å². The number of fused-ring (bicyclic) bond motifs is 1. The number of thioether (sulfide) groups is 1. The van der Waals surface area contributed by atoms with E-state index in [-0.39, 0.29) is 11.8 Å². The number of aryl methyl sites for hydroxylation is 1. The summed E-state index contributed by atoms with van der Waals surface area (Å²) in [5.74, 6) is 0.605. The van der Waals surface area contributed by atoms with Gasteiger partial charge in [0.2, 0.25) is 11.8 Å². The fourth-order valence-electron chi connectivity index (χ4n) is 3.74. The number of imide groups is 1. The molecule has 2 aromatic rings. The van der Waals surface area contributed by atoms with Crippen molar-refractivity contribution in [1.82, 2.24) is 10.3 Å². The van der Waals surface area contributed by atoms with Crippen LogP contribution in [0.2, 0.25) is 0 Å². The number of hydrogen-bond acceptors (Lipinski definition) is 5. The standard InChI is InChI=1S/C18H19N3O2S/c1-11-7-15(19-14-8-12(24-2)3-4-13(11)14)21-6-5-18(10-21)9-16(22)20-17(18)23/h3-4,7-8H,5-6,9-10H2,1-2H3,(H,20,22,23)/t18-/m0/s1. The summed E-state index contributed by atoms with van der Waals surface area (Å²) < 4.78 is 0. The molecule has 1 N–H and O–H groups in total. The van der Waals surface area contributed by atoms with Crippen molar-refractivity contribution in [2.45, 2.75) is 24.7 Å². The fraction of sp³-hybridized carbons (Fsp3) is 0.389. The topological polar surface area (TPSA) is 62.3 Å². The van der Waals surface area contributed by atoms with E-state index in [1.807, 2.05) is 0 Å². The Kier molecular flexibility index (Phi) is 3.53. The van der Waals surface area contributed by atoms with Gasteiger partial charge in [-0.05, 0) is 43.4 Å². The molecule has 3 heterocycles. The van der Waals surface area contributed by atoms with Gasteiger partial charge in [-0.3, -0.25) is 14.9 Å². The molecule has 124 valence electrons. The van der Waals surface area contributed by atoms with Gasteiger partial charge in [0.1, 0.15) is 5.82 Å². The van der Waals surface area contributed by atoms with E-state index < -0.39 is 5.41 Å². The van der Waals surface area contributed by atoms with Crippen LogP contribution in [0, 0.1) is 12.3 Å². The molecule has 0 bridgehead atoms. The number of carbonyl (C=O) groups is 2. The lowest BCUT2D eigenvalue weighted by Gasteiger charge is -2.22. The zero-order valence-electron chi connectivity index (χ0n) is 13.8. The lowest BCUT2D eigenvalue weighted by molar-refractivity contribution is -0.127. The van der Waals surface area contributed by atoms with Crippen molar-refractivity contribution in [3.05, 3.63) is 29.8 Å². The molecule has 0 saturated carbocycles. The largest absolute Gasteiger partial charge is 0.355 e. The minimum absolute atomic E-state index is 0.128. The molecule has 6 heteroatoms. The maximum Gasteiger partial charge on any atom is 0.235 e. The summed E-state index contributed by atoms with van der Waals surface area (Å²) in [6.45, 7) is 3.40. The van der Waals surface area contributed by atoms with Gasteiger partial charge in [0.05, 0.1) is 10.9 Å². The lowest BCUT2D eigenvalue weighted by Crippen LogP contribution is -2.34. The highest BCUT2D eigenvalue weighted by Crippen LogP contribution is 2.39. The molecule has 1 atom stereocenters. The maximum absolute atomic E-state index is 12.2. The van der Waals surface area contributed by atoms with Crippen LogP contribution in [0.4, 0.5) is 5.82 Å². The highest BCUT2D eigenvalue weighted by Gasteiger charge is 2.51. The Morgan fingerprint density at radius 2 is 2.12 bits per heavy atom. The molecular weight excluding hydrogens is 322 g/mol. The SMILES string of the molecule is CSc1ccc2c(C)cc(N3CC[C@]4(CC(=O)NC4=O)C3)nc2c1. The normalized spacial score (nSPS) is 23.5. The molecule has 1 aromatic carbocycles. The number of hydrogen-bond donors (Lipinski definition) is 1. The van der Waals surface area contributed by atoms with E-state index in [9.17, 15) is 9.59 Å². The van der Waals surface area contributed by atoms with Gasteiger partial charge in [0, 0.05) is 29.8 Å². The fourth-order valence-corrected chi connectivity index (χ4v) is 4.18. The Morgan fingerprint density at radius 3 is 2.83 bits per heavy atom. The second-order valence-corrected chi connectivity index (χ2v) is 7.57. The van der Waals surface area contributed by atoms with Gasteiger partial charge >= 0.3 is 0 Å². The second-order valence-electron chi connectivity index (χ2n) is 6.69. The van der Waals surface area contributed by atoms with Crippen LogP contribution in [0.25, 0.3) is 10.9 Å². The number of pyridine rings is 1. The Hall–Kier alpha value is -2.08.